The lowest BCUT2D eigenvalue weighted by Gasteiger charge is -1.87. The van der Waals surface area contributed by atoms with Crippen LogP contribution in [0.3, 0.4) is 0 Å². The molecule has 65 valence electrons. The predicted molar refractivity (Wildman–Crippen MR) is 55.5 cm³/mol. The molecule has 1 heteroatoms. The molecule has 1 nitrogen and oxygen atoms in total. The van der Waals surface area contributed by atoms with Crippen molar-refractivity contribution in [3.63, 3.8) is 0 Å². The van der Waals surface area contributed by atoms with E-state index in [0.29, 0.717) is 0 Å². The Hall–Kier alpha value is -2.07. The molecule has 2 rings (SSSR count). The molecule has 1 aromatic heterocycles. The van der Waals surface area contributed by atoms with Gasteiger partial charge in [-0.25, -0.2) is 4.98 Å². The summed E-state index contributed by atoms with van der Waals surface area (Å²) in [7, 11) is 0. The molecule has 0 saturated heterocycles. The minimum Gasteiger partial charge on any atom is -0.248 e. The average molecular weight is 178 g/mol. The van der Waals surface area contributed by atoms with Gasteiger partial charge in [-0.2, -0.15) is 0 Å². The fourth-order valence-corrected chi connectivity index (χ4v) is 1.04. The van der Waals surface area contributed by atoms with Crippen LogP contribution in [-0.2, 0) is 0 Å². The maximum Gasteiger partial charge on any atom is 0.113 e. The zero-order chi connectivity index (χ0) is 9.64. The van der Waals surface area contributed by atoms with E-state index in [9.17, 15) is 0 Å². The van der Waals surface area contributed by atoms with E-state index in [2.05, 4.69) is 22.9 Å². The van der Waals surface area contributed by atoms with E-state index < -0.39 is 0 Å². The SMILES string of the molecule is C(#Cc1ccccn1)c1[c]cccc1. The fraction of sp³-hybridized carbons (Fsp3) is 0. The minimum atomic E-state index is 0.782. The van der Waals surface area contributed by atoms with Crippen molar-refractivity contribution >= 4 is 0 Å². The first-order valence-electron chi connectivity index (χ1n) is 4.35. The van der Waals surface area contributed by atoms with Gasteiger partial charge < -0.3 is 0 Å². The number of nitrogens with zero attached hydrogens (tertiary/aromatic N) is 1. The Morgan fingerprint density at radius 3 is 2.64 bits per heavy atom. The van der Waals surface area contributed by atoms with E-state index in [1.165, 1.54) is 0 Å². The van der Waals surface area contributed by atoms with Gasteiger partial charge in [0.1, 0.15) is 5.69 Å². The van der Waals surface area contributed by atoms with Crippen LogP contribution in [0.25, 0.3) is 0 Å². The second-order valence-corrected chi connectivity index (χ2v) is 2.74. The first-order valence-corrected chi connectivity index (χ1v) is 4.35. The van der Waals surface area contributed by atoms with E-state index in [1.807, 2.05) is 42.5 Å². The first-order chi connectivity index (χ1) is 6.95. The molecule has 0 aliphatic rings. The van der Waals surface area contributed by atoms with Crippen LogP contribution in [0, 0.1) is 17.9 Å². The first kappa shape index (κ1) is 8.52. The third-order valence-electron chi connectivity index (χ3n) is 1.70. The van der Waals surface area contributed by atoms with Crippen LogP contribution >= 0.6 is 0 Å². The molecule has 0 spiro atoms. The molecule has 0 bridgehead atoms. The van der Waals surface area contributed by atoms with Crippen LogP contribution in [0.4, 0.5) is 0 Å². The summed E-state index contributed by atoms with van der Waals surface area (Å²) in [6.45, 7) is 0. The number of hydrogen-bond acceptors (Lipinski definition) is 1. The summed E-state index contributed by atoms with van der Waals surface area (Å²) in [5, 5.41) is 0. The van der Waals surface area contributed by atoms with E-state index in [-0.39, 0.29) is 0 Å². The van der Waals surface area contributed by atoms with Gasteiger partial charge in [0.25, 0.3) is 0 Å². The molecule has 0 N–H and O–H groups in total. The average Bonchev–Trinajstić information content (AvgIpc) is 2.29. The lowest BCUT2D eigenvalue weighted by molar-refractivity contribution is 1.29. The minimum absolute atomic E-state index is 0.782. The summed E-state index contributed by atoms with van der Waals surface area (Å²) in [6.07, 6.45) is 1.73. The van der Waals surface area contributed by atoms with Crippen LogP contribution in [0.1, 0.15) is 11.3 Å². The molecule has 0 aliphatic heterocycles. The number of aromatic nitrogens is 1. The predicted octanol–water partition coefficient (Wildman–Crippen LogP) is 2.28. The number of hydrogen-bond donors (Lipinski definition) is 0. The topological polar surface area (TPSA) is 12.9 Å². The van der Waals surface area contributed by atoms with E-state index in [1.54, 1.807) is 6.20 Å². The van der Waals surface area contributed by atoms with Gasteiger partial charge in [0, 0.05) is 11.8 Å². The smallest absolute Gasteiger partial charge is 0.113 e. The summed E-state index contributed by atoms with van der Waals surface area (Å²) >= 11 is 0. The third kappa shape index (κ3) is 2.21. The second-order valence-electron chi connectivity index (χ2n) is 2.74. The quantitative estimate of drug-likeness (QED) is 0.564. The van der Waals surface area contributed by atoms with E-state index >= 15 is 0 Å². The number of benzene rings is 1. The normalized spacial score (nSPS) is 8.86. The largest absolute Gasteiger partial charge is 0.248 e. The molecule has 0 fully saturated rings. The van der Waals surface area contributed by atoms with Crippen molar-refractivity contribution in [2.24, 2.45) is 0 Å². The van der Waals surface area contributed by atoms with Crippen LogP contribution < -0.4 is 0 Å². The van der Waals surface area contributed by atoms with Crippen molar-refractivity contribution in [3.8, 4) is 11.8 Å². The van der Waals surface area contributed by atoms with Crippen LogP contribution in [0.15, 0.2) is 48.7 Å². The van der Waals surface area contributed by atoms with Crippen LogP contribution in [0.2, 0.25) is 0 Å². The lowest BCUT2D eigenvalue weighted by Crippen LogP contribution is -1.79. The third-order valence-corrected chi connectivity index (χ3v) is 1.70. The highest BCUT2D eigenvalue weighted by Crippen LogP contribution is 1.95. The van der Waals surface area contributed by atoms with Gasteiger partial charge >= 0.3 is 0 Å². The zero-order valence-corrected chi connectivity index (χ0v) is 7.57. The number of rotatable bonds is 0. The van der Waals surface area contributed by atoms with Crippen molar-refractivity contribution < 1.29 is 0 Å². The van der Waals surface area contributed by atoms with Gasteiger partial charge in [-0.3, -0.25) is 0 Å². The molecule has 1 radical (unpaired) electrons. The molecule has 1 heterocycles. The Kier molecular flexibility index (Phi) is 2.59. The highest BCUT2D eigenvalue weighted by atomic mass is 14.6. The summed E-state index contributed by atoms with van der Waals surface area (Å²) in [6, 6.07) is 16.4. The van der Waals surface area contributed by atoms with Gasteiger partial charge in [-0.15, -0.1) is 0 Å². The molecule has 0 amide bonds. The van der Waals surface area contributed by atoms with Crippen molar-refractivity contribution in [2.75, 3.05) is 0 Å². The van der Waals surface area contributed by atoms with Gasteiger partial charge in [-0.1, -0.05) is 30.2 Å². The van der Waals surface area contributed by atoms with Gasteiger partial charge in [-0.05, 0) is 30.2 Å². The van der Waals surface area contributed by atoms with Crippen molar-refractivity contribution in [1.82, 2.24) is 4.98 Å². The maximum atomic E-state index is 4.11. The Morgan fingerprint density at radius 2 is 1.93 bits per heavy atom. The molecule has 14 heavy (non-hydrogen) atoms. The molecular formula is C13H8N. The summed E-state index contributed by atoms with van der Waals surface area (Å²) in [5.41, 5.74) is 1.67. The molecule has 0 unspecified atom stereocenters. The molecular weight excluding hydrogens is 170 g/mol. The molecule has 1 aromatic carbocycles. The van der Waals surface area contributed by atoms with E-state index in [4.69, 9.17) is 0 Å². The highest BCUT2D eigenvalue weighted by molar-refractivity contribution is 5.38. The molecule has 2 aromatic rings. The van der Waals surface area contributed by atoms with Crippen LogP contribution in [0.5, 0.6) is 0 Å². The van der Waals surface area contributed by atoms with Crippen molar-refractivity contribution in [1.29, 1.82) is 0 Å². The Labute approximate surface area is 83.4 Å². The summed E-state index contributed by atoms with van der Waals surface area (Å²) in [5.74, 6) is 5.96. The highest BCUT2D eigenvalue weighted by Gasteiger charge is 1.84. The van der Waals surface area contributed by atoms with Crippen molar-refractivity contribution in [3.05, 3.63) is 66.0 Å². The molecule has 0 aliphatic carbocycles. The molecule has 0 atom stereocenters. The summed E-state index contributed by atoms with van der Waals surface area (Å²) in [4.78, 5) is 4.11. The van der Waals surface area contributed by atoms with Gasteiger partial charge in [0.05, 0.1) is 0 Å². The summed E-state index contributed by atoms with van der Waals surface area (Å²) < 4.78 is 0. The van der Waals surface area contributed by atoms with Crippen molar-refractivity contribution in [2.45, 2.75) is 0 Å². The second kappa shape index (κ2) is 4.25. The Balaban J connectivity index is 2.24. The van der Waals surface area contributed by atoms with Gasteiger partial charge in [0.15, 0.2) is 0 Å². The van der Waals surface area contributed by atoms with Crippen LogP contribution in [-0.4, -0.2) is 4.98 Å². The Bertz CT molecular complexity index is 405. The zero-order valence-electron chi connectivity index (χ0n) is 7.57. The standard InChI is InChI=1S/C13H8N/c1-2-6-12(7-3-1)9-10-13-8-4-5-11-14-13/h1-6,8,11H. The maximum absolute atomic E-state index is 4.11. The monoisotopic (exact) mass is 178 g/mol. The Morgan fingerprint density at radius 1 is 1.00 bits per heavy atom. The lowest BCUT2D eigenvalue weighted by atomic mass is 10.2. The number of pyridine rings is 1. The molecule has 0 saturated carbocycles. The van der Waals surface area contributed by atoms with Gasteiger partial charge in [0.2, 0.25) is 0 Å². The fourth-order valence-electron chi connectivity index (χ4n) is 1.04. The van der Waals surface area contributed by atoms with E-state index in [0.717, 1.165) is 11.3 Å².